The number of nitrogens with zero attached hydrogens (tertiary/aromatic N) is 3. The fraction of sp³-hybridized carbons (Fsp3) is 0.0667. The molecule has 7 nitrogen and oxygen atoms in total. The quantitative estimate of drug-likeness (QED) is 0.552. The highest BCUT2D eigenvalue weighted by atomic mass is 35.5. The topological polar surface area (TPSA) is 94.1 Å². The molecule has 0 radical (unpaired) electrons. The SMILES string of the molecule is O=[N+]([O-])c1cc(NCc2nnc(-c3cccc(Cl)c3)o2)ccc1F. The van der Waals surface area contributed by atoms with Crippen LogP contribution < -0.4 is 5.32 Å². The molecule has 0 atom stereocenters. The van der Waals surface area contributed by atoms with Crippen LogP contribution in [0, 0.1) is 15.9 Å². The van der Waals surface area contributed by atoms with Crippen LogP contribution in [-0.2, 0) is 6.54 Å². The molecule has 122 valence electrons. The van der Waals surface area contributed by atoms with Crippen LogP contribution in [0.5, 0.6) is 0 Å². The summed E-state index contributed by atoms with van der Waals surface area (Å²) in [6.07, 6.45) is 0. The molecule has 0 bridgehead atoms. The molecule has 1 aromatic heterocycles. The van der Waals surface area contributed by atoms with E-state index in [9.17, 15) is 14.5 Å². The van der Waals surface area contributed by atoms with Crippen molar-refractivity contribution in [1.82, 2.24) is 10.2 Å². The molecule has 0 aliphatic heterocycles. The van der Waals surface area contributed by atoms with Gasteiger partial charge in [-0.2, -0.15) is 4.39 Å². The number of benzene rings is 2. The first-order chi connectivity index (χ1) is 11.5. The van der Waals surface area contributed by atoms with Gasteiger partial charge in [-0.25, -0.2) is 0 Å². The number of nitrogens with one attached hydrogen (secondary N) is 1. The molecule has 1 heterocycles. The van der Waals surface area contributed by atoms with E-state index in [1.54, 1.807) is 24.3 Å². The molecule has 24 heavy (non-hydrogen) atoms. The summed E-state index contributed by atoms with van der Waals surface area (Å²) in [5, 5.41) is 21.9. The fourth-order valence-electron chi connectivity index (χ4n) is 2.00. The summed E-state index contributed by atoms with van der Waals surface area (Å²) in [6, 6.07) is 10.5. The van der Waals surface area contributed by atoms with Gasteiger partial charge >= 0.3 is 5.69 Å². The first-order valence-electron chi connectivity index (χ1n) is 6.79. The maximum atomic E-state index is 13.3. The highest BCUT2D eigenvalue weighted by Crippen LogP contribution is 2.23. The highest BCUT2D eigenvalue weighted by molar-refractivity contribution is 6.30. The molecule has 0 aliphatic carbocycles. The minimum atomic E-state index is -0.897. The normalized spacial score (nSPS) is 10.6. The predicted molar refractivity (Wildman–Crippen MR) is 85.1 cm³/mol. The lowest BCUT2D eigenvalue weighted by molar-refractivity contribution is -0.387. The number of rotatable bonds is 5. The Balaban J connectivity index is 1.72. The molecule has 0 aliphatic rings. The van der Waals surface area contributed by atoms with Crippen molar-refractivity contribution in [3.8, 4) is 11.5 Å². The summed E-state index contributed by atoms with van der Waals surface area (Å²) in [6.45, 7) is 0.135. The smallest absolute Gasteiger partial charge is 0.306 e. The second-order valence-corrected chi connectivity index (χ2v) is 5.22. The molecule has 0 spiro atoms. The summed E-state index contributed by atoms with van der Waals surface area (Å²) in [5.41, 5.74) is 0.439. The summed E-state index contributed by atoms with van der Waals surface area (Å²) >= 11 is 5.91. The van der Waals surface area contributed by atoms with Crippen molar-refractivity contribution >= 4 is 23.0 Å². The van der Waals surface area contributed by atoms with Crippen LogP contribution >= 0.6 is 11.6 Å². The Hall–Kier alpha value is -3.00. The van der Waals surface area contributed by atoms with Gasteiger partial charge in [-0.15, -0.1) is 10.2 Å². The Kier molecular flexibility index (Phi) is 4.39. The van der Waals surface area contributed by atoms with Crippen LogP contribution in [0.2, 0.25) is 5.02 Å². The molecule has 1 N–H and O–H groups in total. The summed E-state index contributed by atoms with van der Waals surface area (Å²) in [5.74, 6) is -0.317. The summed E-state index contributed by atoms with van der Waals surface area (Å²) < 4.78 is 18.8. The van der Waals surface area contributed by atoms with Crippen LogP contribution in [0.15, 0.2) is 46.9 Å². The van der Waals surface area contributed by atoms with Gasteiger partial charge < -0.3 is 9.73 Å². The van der Waals surface area contributed by atoms with Crippen molar-refractivity contribution < 1.29 is 13.7 Å². The van der Waals surface area contributed by atoms with E-state index in [-0.39, 0.29) is 12.4 Å². The first kappa shape index (κ1) is 15.9. The van der Waals surface area contributed by atoms with Crippen molar-refractivity contribution in [2.24, 2.45) is 0 Å². The Morgan fingerprint density at radius 3 is 2.83 bits per heavy atom. The molecule has 3 aromatic rings. The van der Waals surface area contributed by atoms with Gasteiger partial charge in [0, 0.05) is 22.3 Å². The molecule has 0 unspecified atom stereocenters. The second kappa shape index (κ2) is 6.63. The van der Waals surface area contributed by atoms with Crippen molar-refractivity contribution in [1.29, 1.82) is 0 Å². The van der Waals surface area contributed by atoms with Gasteiger partial charge in [-0.05, 0) is 30.3 Å². The maximum absolute atomic E-state index is 13.3. The molecule has 3 rings (SSSR count). The van der Waals surface area contributed by atoms with Crippen molar-refractivity contribution in [2.45, 2.75) is 6.54 Å². The molecule has 2 aromatic carbocycles. The van der Waals surface area contributed by atoms with E-state index in [1.807, 2.05) is 0 Å². The zero-order valence-electron chi connectivity index (χ0n) is 12.1. The van der Waals surface area contributed by atoms with E-state index < -0.39 is 16.4 Å². The average molecular weight is 349 g/mol. The van der Waals surface area contributed by atoms with Crippen molar-refractivity contribution in [3.05, 3.63) is 69.3 Å². The van der Waals surface area contributed by atoms with Gasteiger partial charge in [0.2, 0.25) is 17.6 Å². The molecule has 0 amide bonds. The summed E-state index contributed by atoms with van der Waals surface area (Å²) in [4.78, 5) is 9.93. The number of hydrogen-bond acceptors (Lipinski definition) is 6. The van der Waals surface area contributed by atoms with Crippen molar-refractivity contribution in [2.75, 3.05) is 5.32 Å². The molecular formula is C15H10ClFN4O3. The number of halogens is 2. The number of nitro groups is 1. The second-order valence-electron chi connectivity index (χ2n) is 4.79. The van der Waals surface area contributed by atoms with Gasteiger partial charge in [0.05, 0.1) is 11.5 Å². The van der Waals surface area contributed by atoms with E-state index in [0.29, 0.717) is 22.2 Å². The Labute approximate surface area is 140 Å². The largest absolute Gasteiger partial charge is 0.419 e. The predicted octanol–water partition coefficient (Wildman–Crippen LogP) is 4.05. The average Bonchev–Trinajstić information content (AvgIpc) is 3.03. The lowest BCUT2D eigenvalue weighted by Gasteiger charge is -2.03. The standard InChI is InChI=1S/C15H10ClFN4O3/c16-10-3-1-2-9(6-10)15-20-19-14(24-15)8-18-11-4-5-12(17)13(7-11)21(22)23/h1-7,18H,8H2. The van der Waals surface area contributed by atoms with Crippen LogP contribution in [0.1, 0.15) is 5.89 Å². The van der Waals surface area contributed by atoms with Gasteiger partial charge in [0.25, 0.3) is 0 Å². The first-order valence-corrected chi connectivity index (χ1v) is 7.17. The molecule has 0 fully saturated rings. The Morgan fingerprint density at radius 1 is 1.25 bits per heavy atom. The van der Waals surface area contributed by atoms with Gasteiger partial charge in [-0.3, -0.25) is 10.1 Å². The van der Waals surface area contributed by atoms with E-state index in [4.69, 9.17) is 16.0 Å². The number of nitro benzene ring substituents is 1. The third-order valence-electron chi connectivity index (χ3n) is 3.12. The minimum absolute atomic E-state index is 0.135. The van der Waals surface area contributed by atoms with Gasteiger partial charge in [0.1, 0.15) is 0 Å². The lowest BCUT2D eigenvalue weighted by atomic mass is 10.2. The highest BCUT2D eigenvalue weighted by Gasteiger charge is 2.15. The van der Waals surface area contributed by atoms with Crippen molar-refractivity contribution in [3.63, 3.8) is 0 Å². The zero-order valence-corrected chi connectivity index (χ0v) is 12.8. The summed E-state index contributed by atoms with van der Waals surface area (Å²) in [7, 11) is 0. The van der Waals surface area contributed by atoms with Gasteiger partial charge in [-0.1, -0.05) is 17.7 Å². The Morgan fingerprint density at radius 2 is 2.08 bits per heavy atom. The Bertz CT molecular complexity index is 900. The van der Waals surface area contributed by atoms with Crippen LogP contribution in [0.3, 0.4) is 0 Å². The van der Waals surface area contributed by atoms with Crippen LogP contribution in [0.4, 0.5) is 15.8 Å². The number of aromatic nitrogens is 2. The monoisotopic (exact) mass is 348 g/mol. The van der Waals surface area contributed by atoms with Crippen LogP contribution in [0.25, 0.3) is 11.5 Å². The number of anilines is 1. The zero-order chi connectivity index (χ0) is 17.1. The number of hydrogen-bond donors (Lipinski definition) is 1. The maximum Gasteiger partial charge on any atom is 0.306 e. The third kappa shape index (κ3) is 3.49. The third-order valence-corrected chi connectivity index (χ3v) is 3.36. The minimum Gasteiger partial charge on any atom is -0.419 e. The van der Waals surface area contributed by atoms with E-state index in [0.717, 1.165) is 12.1 Å². The van der Waals surface area contributed by atoms with Crippen LogP contribution in [-0.4, -0.2) is 15.1 Å². The van der Waals surface area contributed by atoms with E-state index in [1.165, 1.54) is 6.07 Å². The molecular weight excluding hydrogens is 339 g/mol. The van der Waals surface area contributed by atoms with E-state index in [2.05, 4.69) is 15.5 Å². The fourth-order valence-corrected chi connectivity index (χ4v) is 2.19. The molecule has 0 saturated heterocycles. The lowest BCUT2D eigenvalue weighted by Crippen LogP contribution is -2.01. The van der Waals surface area contributed by atoms with Gasteiger partial charge in [0.15, 0.2) is 0 Å². The molecule has 9 heteroatoms. The van der Waals surface area contributed by atoms with E-state index >= 15 is 0 Å². The molecule has 0 saturated carbocycles.